The molecule has 0 amide bonds. The molecule has 0 spiro atoms. The van der Waals surface area contributed by atoms with E-state index >= 15 is 0 Å². The summed E-state index contributed by atoms with van der Waals surface area (Å²) in [5.74, 6) is 0. The first-order valence-electron chi connectivity index (χ1n) is 4.63. The fourth-order valence-electron chi connectivity index (χ4n) is 1.28. The predicted octanol–water partition coefficient (Wildman–Crippen LogP) is 3.92. The fourth-order valence-corrected chi connectivity index (χ4v) is 1.55. The molecule has 0 aliphatic rings. The summed E-state index contributed by atoms with van der Waals surface area (Å²) in [5, 5.41) is 7.06. The Morgan fingerprint density at radius 3 is 2.29 bits per heavy atom. The van der Waals surface area contributed by atoms with E-state index in [0.717, 1.165) is 10.5 Å². The lowest BCUT2D eigenvalue weighted by Gasteiger charge is -2.07. The van der Waals surface area contributed by atoms with Crippen LogP contribution in [-0.2, 0) is 6.18 Å². The van der Waals surface area contributed by atoms with Crippen LogP contribution in [0.15, 0.2) is 41.0 Å². The second-order valence-electron chi connectivity index (χ2n) is 3.33. The Hall–Kier alpha value is -1.43. The molecule has 2 nitrogen and oxygen atoms in total. The first-order chi connectivity index (χ1) is 7.97. The highest BCUT2D eigenvalue weighted by molar-refractivity contribution is 9.10. The molecule has 0 radical (unpaired) electrons. The minimum atomic E-state index is -4.40. The Morgan fingerprint density at radius 1 is 1.06 bits per heavy atom. The van der Waals surface area contributed by atoms with Crippen LogP contribution in [0.4, 0.5) is 13.2 Å². The highest BCUT2D eigenvalue weighted by Gasteiger charge is 2.31. The largest absolute Gasteiger partial charge is 0.418 e. The molecule has 0 bridgehead atoms. The second kappa shape index (κ2) is 4.44. The number of alkyl halides is 3. The van der Waals surface area contributed by atoms with Crippen molar-refractivity contribution in [2.45, 2.75) is 6.18 Å². The topological polar surface area (TPSA) is 25.8 Å². The summed E-state index contributed by atoms with van der Waals surface area (Å²) < 4.78 is 38.3. The Bertz CT molecular complexity index is 523. The zero-order valence-electron chi connectivity index (χ0n) is 8.37. The Kier molecular flexibility index (Phi) is 3.15. The van der Waals surface area contributed by atoms with Crippen molar-refractivity contribution in [2.75, 3.05) is 0 Å². The van der Waals surface area contributed by atoms with Crippen LogP contribution in [-0.4, -0.2) is 10.2 Å². The summed E-state index contributed by atoms with van der Waals surface area (Å²) in [6.45, 7) is 0. The van der Waals surface area contributed by atoms with Gasteiger partial charge in [0.1, 0.15) is 0 Å². The van der Waals surface area contributed by atoms with E-state index in [2.05, 4.69) is 26.1 Å². The van der Waals surface area contributed by atoms with Gasteiger partial charge in [0.25, 0.3) is 0 Å². The average molecular weight is 303 g/mol. The van der Waals surface area contributed by atoms with Crippen LogP contribution < -0.4 is 0 Å². The van der Waals surface area contributed by atoms with Gasteiger partial charge in [0, 0.05) is 10.0 Å². The number of benzene rings is 1. The molecule has 0 N–H and O–H groups in total. The van der Waals surface area contributed by atoms with E-state index in [0.29, 0.717) is 11.8 Å². The van der Waals surface area contributed by atoms with Gasteiger partial charge in [-0.2, -0.15) is 23.4 Å². The highest BCUT2D eigenvalue weighted by atomic mass is 79.9. The highest BCUT2D eigenvalue weighted by Crippen LogP contribution is 2.30. The third-order valence-corrected chi connectivity index (χ3v) is 2.65. The van der Waals surface area contributed by atoms with Gasteiger partial charge in [-0.05, 0) is 18.2 Å². The zero-order chi connectivity index (χ0) is 12.5. The Labute approximate surface area is 104 Å². The number of halogens is 4. The molecule has 0 fully saturated rings. The summed E-state index contributed by atoms with van der Waals surface area (Å²) in [6.07, 6.45) is -3.69. The minimum Gasteiger partial charge on any atom is -0.166 e. The van der Waals surface area contributed by atoms with Gasteiger partial charge in [0.05, 0.1) is 17.5 Å². The van der Waals surface area contributed by atoms with E-state index in [4.69, 9.17) is 0 Å². The first kappa shape index (κ1) is 12.0. The average Bonchev–Trinajstić information content (AvgIpc) is 2.29. The molecule has 0 aliphatic heterocycles. The van der Waals surface area contributed by atoms with E-state index in [-0.39, 0.29) is 5.69 Å². The smallest absolute Gasteiger partial charge is 0.166 e. The quantitative estimate of drug-likeness (QED) is 0.798. The van der Waals surface area contributed by atoms with Gasteiger partial charge in [0.2, 0.25) is 0 Å². The van der Waals surface area contributed by atoms with Crippen LogP contribution in [0.3, 0.4) is 0 Å². The summed E-state index contributed by atoms with van der Waals surface area (Å²) in [4.78, 5) is 0. The lowest BCUT2D eigenvalue weighted by atomic mass is 10.1. The van der Waals surface area contributed by atoms with Gasteiger partial charge < -0.3 is 0 Å². The second-order valence-corrected chi connectivity index (χ2v) is 4.25. The van der Waals surface area contributed by atoms with Crippen molar-refractivity contribution < 1.29 is 13.2 Å². The van der Waals surface area contributed by atoms with Crippen LogP contribution in [0.2, 0.25) is 0 Å². The minimum absolute atomic E-state index is 0.201. The molecule has 2 aromatic rings. The predicted molar refractivity (Wildman–Crippen MR) is 60.2 cm³/mol. The molecule has 17 heavy (non-hydrogen) atoms. The number of rotatable bonds is 1. The lowest BCUT2D eigenvalue weighted by Crippen LogP contribution is -2.06. The van der Waals surface area contributed by atoms with Crippen molar-refractivity contribution in [3.05, 3.63) is 46.6 Å². The molecule has 0 unspecified atom stereocenters. The molecule has 88 valence electrons. The maximum atomic E-state index is 12.5. The molecule has 2 rings (SSSR count). The third-order valence-electron chi connectivity index (χ3n) is 2.12. The van der Waals surface area contributed by atoms with Crippen molar-refractivity contribution in [2.24, 2.45) is 0 Å². The van der Waals surface area contributed by atoms with Crippen LogP contribution in [0.25, 0.3) is 11.3 Å². The van der Waals surface area contributed by atoms with Crippen LogP contribution >= 0.6 is 15.9 Å². The number of aromatic nitrogens is 2. The van der Waals surface area contributed by atoms with E-state index in [9.17, 15) is 13.2 Å². The van der Waals surface area contributed by atoms with Crippen molar-refractivity contribution in [1.29, 1.82) is 0 Å². The molecule has 1 aromatic carbocycles. The maximum Gasteiger partial charge on any atom is 0.418 e. The molecule has 0 atom stereocenters. The lowest BCUT2D eigenvalue weighted by molar-refractivity contribution is -0.137. The SMILES string of the molecule is FC(F)(F)c1cnnc(-c2ccc(Br)cc2)c1. The van der Waals surface area contributed by atoms with Crippen LogP contribution in [0.5, 0.6) is 0 Å². The molecular weight excluding hydrogens is 297 g/mol. The normalized spacial score (nSPS) is 11.5. The van der Waals surface area contributed by atoms with Crippen LogP contribution in [0.1, 0.15) is 5.56 Å². The van der Waals surface area contributed by atoms with Gasteiger partial charge in [0.15, 0.2) is 0 Å². The molecule has 0 saturated carbocycles. The van der Waals surface area contributed by atoms with E-state index < -0.39 is 11.7 Å². The van der Waals surface area contributed by atoms with Gasteiger partial charge in [-0.1, -0.05) is 28.1 Å². The van der Waals surface area contributed by atoms with Gasteiger partial charge in [-0.15, -0.1) is 0 Å². The van der Waals surface area contributed by atoms with Gasteiger partial charge >= 0.3 is 6.18 Å². The van der Waals surface area contributed by atoms with Crippen molar-refractivity contribution >= 4 is 15.9 Å². The van der Waals surface area contributed by atoms with E-state index in [1.165, 1.54) is 0 Å². The fraction of sp³-hybridized carbons (Fsp3) is 0.0909. The summed E-state index contributed by atoms with van der Waals surface area (Å²) in [5.41, 5.74) is -0.00968. The van der Waals surface area contributed by atoms with Gasteiger partial charge in [-0.25, -0.2) is 0 Å². The molecular formula is C11H6BrF3N2. The Morgan fingerprint density at radius 2 is 1.71 bits per heavy atom. The summed E-state index contributed by atoms with van der Waals surface area (Å²) in [7, 11) is 0. The van der Waals surface area contributed by atoms with Crippen LogP contribution in [0, 0.1) is 0 Å². The summed E-state index contributed by atoms with van der Waals surface area (Å²) in [6, 6.07) is 7.80. The molecule has 0 saturated heterocycles. The first-order valence-corrected chi connectivity index (χ1v) is 5.42. The van der Waals surface area contributed by atoms with Crippen molar-refractivity contribution in [3.8, 4) is 11.3 Å². The molecule has 1 aromatic heterocycles. The molecule has 6 heteroatoms. The summed E-state index contributed by atoms with van der Waals surface area (Å²) >= 11 is 3.25. The maximum absolute atomic E-state index is 12.5. The van der Waals surface area contributed by atoms with E-state index in [1.54, 1.807) is 24.3 Å². The zero-order valence-corrected chi connectivity index (χ0v) is 9.96. The molecule has 1 heterocycles. The number of nitrogens with zero attached hydrogens (tertiary/aromatic N) is 2. The number of hydrogen-bond acceptors (Lipinski definition) is 2. The third kappa shape index (κ3) is 2.82. The van der Waals surface area contributed by atoms with Crippen molar-refractivity contribution in [3.63, 3.8) is 0 Å². The van der Waals surface area contributed by atoms with E-state index in [1.807, 2.05) is 0 Å². The van der Waals surface area contributed by atoms with Crippen molar-refractivity contribution in [1.82, 2.24) is 10.2 Å². The monoisotopic (exact) mass is 302 g/mol. The standard InChI is InChI=1S/C11H6BrF3N2/c12-9-3-1-7(2-4-9)10-5-8(6-16-17-10)11(13,14)15/h1-6H. The molecule has 0 aliphatic carbocycles. The Balaban J connectivity index is 2.43. The van der Waals surface area contributed by atoms with Gasteiger partial charge in [-0.3, -0.25) is 0 Å². The number of hydrogen-bond donors (Lipinski definition) is 0.